The van der Waals surface area contributed by atoms with Crippen LogP contribution in [-0.4, -0.2) is 37.0 Å². The molecule has 16 heavy (non-hydrogen) atoms. The summed E-state index contributed by atoms with van der Waals surface area (Å²) < 4.78 is 11.4. The van der Waals surface area contributed by atoms with E-state index < -0.39 is 0 Å². The number of hydrogen-bond acceptors (Lipinski definition) is 3. The summed E-state index contributed by atoms with van der Waals surface area (Å²) in [6.07, 6.45) is 3.06. The molecular weight excluding hydrogens is 202 g/mol. The van der Waals surface area contributed by atoms with Crippen LogP contribution in [0.5, 0.6) is 0 Å². The van der Waals surface area contributed by atoms with Gasteiger partial charge in [0.1, 0.15) is 0 Å². The van der Waals surface area contributed by atoms with Gasteiger partial charge in [0.25, 0.3) is 0 Å². The fourth-order valence-electron chi connectivity index (χ4n) is 1.89. The van der Waals surface area contributed by atoms with Crippen molar-refractivity contribution in [2.24, 2.45) is 0 Å². The first-order chi connectivity index (χ1) is 7.37. The molecule has 3 nitrogen and oxygen atoms in total. The minimum Gasteiger partial charge on any atom is -0.377 e. The van der Waals surface area contributed by atoms with Crippen LogP contribution >= 0.6 is 0 Å². The first kappa shape index (κ1) is 13.9. The van der Waals surface area contributed by atoms with Crippen molar-refractivity contribution in [3.63, 3.8) is 0 Å². The third-order valence-electron chi connectivity index (χ3n) is 2.60. The molecule has 0 heterocycles. The van der Waals surface area contributed by atoms with Crippen molar-refractivity contribution in [1.82, 2.24) is 5.32 Å². The molecule has 0 amide bonds. The summed E-state index contributed by atoms with van der Waals surface area (Å²) in [7, 11) is 0. The second-order valence-electron chi connectivity index (χ2n) is 5.89. The van der Waals surface area contributed by atoms with Crippen molar-refractivity contribution >= 4 is 0 Å². The Morgan fingerprint density at radius 3 is 2.38 bits per heavy atom. The molecule has 0 aliphatic heterocycles. The minimum absolute atomic E-state index is 0.00358. The zero-order chi connectivity index (χ0) is 12.2. The number of nitrogens with one attached hydrogen (secondary N) is 1. The van der Waals surface area contributed by atoms with Gasteiger partial charge in [0.2, 0.25) is 0 Å². The van der Waals surface area contributed by atoms with Crippen LogP contribution in [0.1, 0.15) is 47.5 Å². The fourth-order valence-corrected chi connectivity index (χ4v) is 1.89. The Kier molecular flexibility index (Phi) is 5.22. The second kappa shape index (κ2) is 5.99. The standard InChI is InChI=1S/C13H27NO2/c1-10(2)15-7-6-14-11-8-12(9-11)16-13(3,4)5/h10-12,14H,6-9H2,1-5H3. The van der Waals surface area contributed by atoms with E-state index >= 15 is 0 Å². The molecule has 0 aromatic heterocycles. The maximum absolute atomic E-state index is 5.88. The molecule has 0 aromatic rings. The lowest BCUT2D eigenvalue weighted by molar-refractivity contribution is -0.103. The molecule has 0 saturated heterocycles. The van der Waals surface area contributed by atoms with Crippen LogP contribution in [0.25, 0.3) is 0 Å². The van der Waals surface area contributed by atoms with Gasteiger partial charge in [-0.1, -0.05) is 0 Å². The summed E-state index contributed by atoms with van der Waals surface area (Å²) >= 11 is 0. The molecule has 1 fully saturated rings. The quantitative estimate of drug-likeness (QED) is 0.709. The molecule has 0 radical (unpaired) electrons. The molecule has 1 rings (SSSR count). The van der Waals surface area contributed by atoms with Gasteiger partial charge < -0.3 is 14.8 Å². The Labute approximate surface area is 99.9 Å². The highest BCUT2D eigenvalue weighted by Crippen LogP contribution is 2.27. The zero-order valence-corrected chi connectivity index (χ0v) is 11.4. The fraction of sp³-hybridized carbons (Fsp3) is 1.00. The monoisotopic (exact) mass is 229 g/mol. The van der Waals surface area contributed by atoms with Crippen LogP contribution in [0.3, 0.4) is 0 Å². The van der Waals surface area contributed by atoms with Crippen molar-refractivity contribution in [2.75, 3.05) is 13.2 Å². The van der Waals surface area contributed by atoms with Crippen LogP contribution < -0.4 is 5.32 Å². The largest absolute Gasteiger partial charge is 0.377 e. The van der Waals surface area contributed by atoms with Crippen molar-refractivity contribution in [3.8, 4) is 0 Å². The molecule has 0 unspecified atom stereocenters. The maximum atomic E-state index is 5.88. The number of rotatable bonds is 6. The van der Waals surface area contributed by atoms with Gasteiger partial charge in [-0.25, -0.2) is 0 Å². The van der Waals surface area contributed by atoms with Gasteiger partial charge in [0.05, 0.1) is 24.4 Å². The summed E-state index contributed by atoms with van der Waals surface area (Å²) in [5, 5.41) is 3.49. The van der Waals surface area contributed by atoms with Crippen LogP contribution in [0, 0.1) is 0 Å². The van der Waals surface area contributed by atoms with E-state index in [1.54, 1.807) is 0 Å². The highest BCUT2D eigenvalue weighted by atomic mass is 16.5. The Balaban J connectivity index is 1.96. The second-order valence-corrected chi connectivity index (χ2v) is 5.89. The average Bonchev–Trinajstić information content (AvgIpc) is 2.04. The van der Waals surface area contributed by atoms with E-state index in [0.717, 1.165) is 26.0 Å². The van der Waals surface area contributed by atoms with E-state index in [4.69, 9.17) is 9.47 Å². The molecule has 1 aliphatic carbocycles. The van der Waals surface area contributed by atoms with E-state index in [0.29, 0.717) is 18.2 Å². The van der Waals surface area contributed by atoms with E-state index in [1.165, 1.54) is 0 Å². The molecule has 1 aliphatic rings. The van der Waals surface area contributed by atoms with Gasteiger partial charge in [-0.05, 0) is 47.5 Å². The van der Waals surface area contributed by atoms with E-state index in [-0.39, 0.29) is 5.60 Å². The lowest BCUT2D eigenvalue weighted by Crippen LogP contribution is -2.48. The topological polar surface area (TPSA) is 30.5 Å². The molecular formula is C13H27NO2. The van der Waals surface area contributed by atoms with Gasteiger partial charge >= 0.3 is 0 Å². The van der Waals surface area contributed by atoms with Gasteiger partial charge in [0.15, 0.2) is 0 Å². The molecule has 0 atom stereocenters. The normalized spacial score (nSPS) is 25.9. The van der Waals surface area contributed by atoms with Crippen molar-refractivity contribution in [1.29, 1.82) is 0 Å². The molecule has 0 aromatic carbocycles. The van der Waals surface area contributed by atoms with E-state index in [2.05, 4.69) is 39.9 Å². The highest BCUT2D eigenvalue weighted by Gasteiger charge is 2.32. The van der Waals surface area contributed by atoms with Gasteiger partial charge in [-0.3, -0.25) is 0 Å². The van der Waals surface area contributed by atoms with Gasteiger partial charge in [-0.2, -0.15) is 0 Å². The smallest absolute Gasteiger partial charge is 0.0612 e. The third kappa shape index (κ3) is 5.83. The van der Waals surface area contributed by atoms with Crippen molar-refractivity contribution < 1.29 is 9.47 Å². The molecule has 0 bridgehead atoms. The summed E-state index contributed by atoms with van der Waals surface area (Å²) in [6, 6.07) is 0.628. The minimum atomic E-state index is -0.00358. The van der Waals surface area contributed by atoms with Crippen LogP contribution in [-0.2, 0) is 9.47 Å². The predicted octanol–water partition coefficient (Wildman–Crippen LogP) is 2.35. The molecule has 3 heteroatoms. The lowest BCUT2D eigenvalue weighted by atomic mass is 9.88. The average molecular weight is 229 g/mol. The van der Waals surface area contributed by atoms with Gasteiger partial charge in [-0.15, -0.1) is 0 Å². The van der Waals surface area contributed by atoms with Crippen molar-refractivity contribution in [3.05, 3.63) is 0 Å². The summed E-state index contributed by atoms with van der Waals surface area (Å²) in [5.41, 5.74) is -0.00358. The van der Waals surface area contributed by atoms with Crippen molar-refractivity contribution in [2.45, 2.75) is 71.3 Å². The highest BCUT2D eigenvalue weighted by molar-refractivity contribution is 4.87. The lowest BCUT2D eigenvalue weighted by Gasteiger charge is -2.39. The third-order valence-corrected chi connectivity index (χ3v) is 2.60. The Hall–Kier alpha value is -0.120. The Morgan fingerprint density at radius 1 is 1.25 bits per heavy atom. The van der Waals surface area contributed by atoms with E-state index in [1.807, 2.05) is 0 Å². The van der Waals surface area contributed by atoms with Gasteiger partial charge in [0, 0.05) is 12.6 Å². The summed E-state index contributed by atoms with van der Waals surface area (Å²) in [6.45, 7) is 12.2. The molecule has 1 N–H and O–H groups in total. The summed E-state index contributed by atoms with van der Waals surface area (Å²) in [4.78, 5) is 0. The first-order valence-corrected chi connectivity index (χ1v) is 6.39. The Morgan fingerprint density at radius 2 is 1.88 bits per heavy atom. The predicted molar refractivity (Wildman–Crippen MR) is 66.7 cm³/mol. The van der Waals surface area contributed by atoms with Crippen LogP contribution in [0.4, 0.5) is 0 Å². The zero-order valence-electron chi connectivity index (χ0n) is 11.4. The molecule has 96 valence electrons. The number of hydrogen-bond donors (Lipinski definition) is 1. The molecule has 1 saturated carbocycles. The van der Waals surface area contributed by atoms with Crippen LogP contribution in [0.2, 0.25) is 0 Å². The van der Waals surface area contributed by atoms with Crippen LogP contribution in [0.15, 0.2) is 0 Å². The van der Waals surface area contributed by atoms with E-state index in [9.17, 15) is 0 Å². The first-order valence-electron chi connectivity index (χ1n) is 6.39. The molecule has 0 spiro atoms. The summed E-state index contributed by atoms with van der Waals surface area (Å²) in [5.74, 6) is 0. The Bertz CT molecular complexity index is 193. The SMILES string of the molecule is CC(C)OCCNC1CC(OC(C)(C)C)C1. The maximum Gasteiger partial charge on any atom is 0.0612 e. The number of ether oxygens (including phenoxy) is 2.